The zero-order chi connectivity index (χ0) is 22.0. The predicted octanol–water partition coefficient (Wildman–Crippen LogP) is 1.97. The highest BCUT2D eigenvalue weighted by atomic mass is 19.1. The molecule has 1 fully saturated rings. The second-order valence-electron chi connectivity index (χ2n) is 7.74. The molecule has 2 atom stereocenters. The lowest BCUT2D eigenvalue weighted by molar-refractivity contribution is 0.100. The number of halogens is 1. The quantitative estimate of drug-likeness (QED) is 0.406. The molecule has 11 heteroatoms. The summed E-state index contributed by atoms with van der Waals surface area (Å²) in [5.74, 6) is -0.765. The highest BCUT2D eigenvalue weighted by Crippen LogP contribution is 2.35. The van der Waals surface area contributed by atoms with Gasteiger partial charge in [-0.3, -0.25) is 9.78 Å². The first-order chi connectivity index (χ1) is 14.9. The van der Waals surface area contributed by atoms with E-state index in [1.807, 2.05) is 6.92 Å². The minimum absolute atomic E-state index is 0.00769. The summed E-state index contributed by atoms with van der Waals surface area (Å²) in [5.41, 5.74) is 12.6. The number of carbonyl (C=O) groups excluding carboxylic acids is 1. The lowest BCUT2D eigenvalue weighted by Crippen LogP contribution is -2.39. The van der Waals surface area contributed by atoms with Gasteiger partial charge in [-0.05, 0) is 31.4 Å². The summed E-state index contributed by atoms with van der Waals surface area (Å²) >= 11 is 0. The predicted molar refractivity (Wildman–Crippen MR) is 114 cm³/mol. The minimum Gasteiger partial charge on any atom is -0.365 e. The third kappa shape index (κ3) is 4.94. The van der Waals surface area contributed by atoms with E-state index in [2.05, 4.69) is 30.8 Å². The molecule has 3 aromatic heterocycles. The Hall–Kier alpha value is -3.60. The Morgan fingerprint density at radius 3 is 2.65 bits per heavy atom. The first kappa shape index (κ1) is 20.7. The zero-order valence-corrected chi connectivity index (χ0v) is 17.0. The van der Waals surface area contributed by atoms with Crippen molar-refractivity contribution in [3.8, 4) is 5.69 Å². The maximum atomic E-state index is 14.7. The number of rotatable bonds is 9. The zero-order valence-electron chi connectivity index (χ0n) is 17.0. The average Bonchev–Trinajstić information content (AvgIpc) is 3.38. The maximum Gasteiger partial charge on any atom is 0.252 e. The van der Waals surface area contributed by atoms with Gasteiger partial charge in [-0.25, -0.2) is 9.37 Å². The van der Waals surface area contributed by atoms with Crippen molar-refractivity contribution < 1.29 is 9.18 Å². The van der Waals surface area contributed by atoms with E-state index in [-0.39, 0.29) is 29.3 Å². The summed E-state index contributed by atoms with van der Waals surface area (Å²) in [6.45, 7) is 1.87. The smallest absolute Gasteiger partial charge is 0.252 e. The van der Waals surface area contributed by atoms with Gasteiger partial charge in [0.15, 0.2) is 11.6 Å². The molecular formula is C20H24FN9O. The molecule has 0 bridgehead atoms. The monoisotopic (exact) mass is 425 g/mol. The van der Waals surface area contributed by atoms with Gasteiger partial charge in [-0.1, -0.05) is 12.8 Å². The van der Waals surface area contributed by atoms with Crippen molar-refractivity contribution >= 4 is 23.2 Å². The number of nitrogens with zero attached hydrogens (tertiary/aromatic N) is 5. The summed E-state index contributed by atoms with van der Waals surface area (Å²) in [6.07, 6.45) is 9.35. The van der Waals surface area contributed by atoms with Crippen LogP contribution in [-0.2, 0) is 0 Å². The fourth-order valence-corrected chi connectivity index (χ4v) is 3.26. The molecule has 0 spiro atoms. The van der Waals surface area contributed by atoms with E-state index in [4.69, 9.17) is 11.5 Å². The summed E-state index contributed by atoms with van der Waals surface area (Å²) in [7, 11) is 0. The topological polar surface area (TPSA) is 150 Å². The van der Waals surface area contributed by atoms with Gasteiger partial charge < -0.3 is 22.1 Å². The van der Waals surface area contributed by atoms with Crippen LogP contribution in [0, 0.1) is 11.7 Å². The molecule has 10 nitrogen and oxygen atoms in total. The first-order valence-electron chi connectivity index (χ1n) is 10.0. The van der Waals surface area contributed by atoms with E-state index in [0.29, 0.717) is 17.3 Å². The first-order valence-corrected chi connectivity index (χ1v) is 10.0. The number of amides is 1. The largest absolute Gasteiger partial charge is 0.365 e. The molecular weight excluding hydrogens is 401 g/mol. The van der Waals surface area contributed by atoms with Gasteiger partial charge in [-0.15, -0.1) is 4.80 Å². The Kier molecular flexibility index (Phi) is 5.76. The molecule has 0 saturated heterocycles. The van der Waals surface area contributed by atoms with Crippen LogP contribution in [0.3, 0.4) is 0 Å². The summed E-state index contributed by atoms with van der Waals surface area (Å²) in [6, 6.07) is 2.45. The van der Waals surface area contributed by atoms with E-state index in [9.17, 15) is 9.18 Å². The second kappa shape index (κ2) is 8.64. The van der Waals surface area contributed by atoms with Crippen LogP contribution in [0.2, 0.25) is 0 Å². The van der Waals surface area contributed by atoms with Crippen LogP contribution in [0.1, 0.15) is 36.5 Å². The molecule has 1 aliphatic rings. The van der Waals surface area contributed by atoms with Gasteiger partial charge in [-0.2, -0.15) is 10.2 Å². The molecule has 3 aromatic rings. The van der Waals surface area contributed by atoms with Crippen LogP contribution >= 0.6 is 0 Å². The van der Waals surface area contributed by atoms with Crippen molar-refractivity contribution in [2.45, 2.75) is 38.3 Å². The van der Waals surface area contributed by atoms with Crippen molar-refractivity contribution in [2.75, 3.05) is 10.6 Å². The summed E-state index contributed by atoms with van der Waals surface area (Å²) in [5, 5.41) is 14.2. The maximum absolute atomic E-state index is 14.7. The van der Waals surface area contributed by atoms with E-state index < -0.39 is 11.7 Å². The number of nitrogens with one attached hydrogen (secondary N) is 2. The molecule has 0 radical (unpaired) electrons. The van der Waals surface area contributed by atoms with E-state index >= 15 is 0 Å². The van der Waals surface area contributed by atoms with E-state index in [1.54, 1.807) is 24.7 Å². The van der Waals surface area contributed by atoms with Crippen LogP contribution in [0.25, 0.3) is 5.69 Å². The van der Waals surface area contributed by atoms with Gasteiger partial charge in [0.25, 0.3) is 5.91 Å². The van der Waals surface area contributed by atoms with Gasteiger partial charge >= 0.3 is 0 Å². The minimum atomic E-state index is -0.806. The Balaban J connectivity index is 1.63. The SMILES string of the molecule is CC(N)C(CC1CC1)Nc1nc(Nc2cncc(-n3nccn3)c2)c(C(N)=O)cc1F. The van der Waals surface area contributed by atoms with Crippen LogP contribution in [0.15, 0.2) is 36.9 Å². The van der Waals surface area contributed by atoms with Crippen molar-refractivity contribution in [1.82, 2.24) is 25.0 Å². The third-order valence-electron chi connectivity index (χ3n) is 5.12. The Morgan fingerprint density at radius 1 is 1.26 bits per heavy atom. The van der Waals surface area contributed by atoms with Gasteiger partial charge in [0.2, 0.25) is 0 Å². The van der Waals surface area contributed by atoms with Gasteiger partial charge in [0, 0.05) is 12.1 Å². The van der Waals surface area contributed by atoms with E-state index in [0.717, 1.165) is 25.3 Å². The Bertz CT molecular complexity index is 1070. The van der Waals surface area contributed by atoms with E-state index in [1.165, 1.54) is 11.0 Å². The van der Waals surface area contributed by atoms with Crippen LogP contribution in [0.5, 0.6) is 0 Å². The molecule has 4 rings (SSSR count). The molecule has 31 heavy (non-hydrogen) atoms. The average molecular weight is 425 g/mol. The highest BCUT2D eigenvalue weighted by Gasteiger charge is 2.28. The summed E-state index contributed by atoms with van der Waals surface area (Å²) < 4.78 is 14.7. The van der Waals surface area contributed by atoms with Crippen molar-refractivity contribution in [3.05, 3.63) is 48.3 Å². The third-order valence-corrected chi connectivity index (χ3v) is 5.12. The van der Waals surface area contributed by atoms with Crippen molar-refractivity contribution in [1.29, 1.82) is 0 Å². The molecule has 162 valence electrons. The number of primary amides is 1. The molecule has 1 amide bonds. The van der Waals surface area contributed by atoms with Crippen LogP contribution in [0.4, 0.5) is 21.7 Å². The van der Waals surface area contributed by atoms with Crippen LogP contribution in [-0.4, -0.2) is 43.0 Å². The lowest BCUT2D eigenvalue weighted by Gasteiger charge is -2.23. The molecule has 1 aliphatic carbocycles. The Morgan fingerprint density at radius 2 is 2.00 bits per heavy atom. The normalized spacial score (nSPS) is 15.3. The van der Waals surface area contributed by atoms with Gasteiger partial charge in [0.05, 0.1) is 36.0 Å². The number of nitrogens with two attached hydrogens (primary N) is 2. The molecule has 0 aliphatic heterocycles. The van der Waals surface area contributed by atoms with Gasteiger partial charge in [0.1, 0.15) is 11.5 Å². The van der Waals surface area contributed by atoms with Crippen LogP contribution < -0.4 is 22.1 Å². The Labute approximate surface area is 178 Å². The fourth-order valence-electron chi connectivity index (χ4n) is 3.26. The fraction of sp³-hybridized carbons (Fsp3) is 0.350. The molecule has 0 aromatic carbocycles. The number of anilines is 3. The molecule has 1 saturated carbocycles. The number of pyridine rings is 2. The summed E-state index contributed by atoms with van der Waals surface area (Å²) in [4.78, 5) is 21.8. The second-order valence-corrected chi connectivity index (χ2v) is 7.74. The number of aromatic nitrogens is 5. The lowest BCUT2D eigenvalue weighted by atomic mass is 10.0. The standard InChI is InChI=1S/C20H24FN9O/c1-11(22)17(6-12-2-3-12)28-20-16(21)8-15(18(23)31)19(29-20)27-13-7-14(10-24-9-13)30-25-4-5-26-30/h4-5,7-12,17H,2-3,6,22H2,1H3,(H2,23,31)(H2,27,28,29). The van der Waals surface area contributed by atoms with Crippen molar-refractivity contribution in [2.24, 2.45) is 17.4 Å². The number of hydrogen-bond donors (Lipinski definition) is 4. The molecule has 6 N–H and O–H groups in total. The molecule has 3 heterocycles. The number of hydrogen-bond acceptors (Lipinski definition) is 8. The number of carbonyl (C=O) groups is 1. The highest BCUT2D eigenvalue weighted by molar-refractivity contribution is 5.98. The van der Waals surface area contributed by atoms with Crippen molar-refractivity contribution in [3.63, 3.8) is 0 Å². The molecule has 2 unspecified atom stereocenters.